The molecule has 0 atom stereocenters. The van der Waals surface area contributed by atoms with Crippen molar-refractivity contribution in [2.45, 2.75) is 64.1 Å². The molecule has 3 heteroatoms. The smallest absolute Gasteiger partial charge is 0.0604 e. The summed E-state index contributed by atoms with van der Waals surface area (Å²) in [5.41, 5.74) is 0.370. The normalized spacial score (nSPS) is 33.4. The van der Waals surface area contributed by atoms with E-state index in [1.807, 2.05) is 0 Å². The van der Waals surface area contributed by atoms with Gasteiger partial charge >= 0.3 is 0 Å². The highest BCUT2D eigenvalue weighted by Crippen LogP contribution is 2.31. The van der Waals surface area contributed by atoms with Gasteiger partial charge < -0.3 is 10.1 Å². The van der Waals surface area contributed by atoms with Crippen LogP contribution in [-0.4, -0.2) is 48.8 Å². The Morgan fingerprint density at radius 3 is 2.53 bits per heavy atom. The van der Waals surface area contributed by atoms with Gasteiger partial charge in [-0.25, -0.2) is 0 Å². The molecule has 0 aromatic heterocycles. The molecule has 0 unspecified atom stereocenters. The highest BCUT2D eigenvalue weighted by Gasteiger charge is 2.39. The number of hydrogen-bond acceptors (Lipinski definition) is 3. The first-order valence-electron chi connectivity index (χ1n) is 7.33. The van der Waals surface area contributed by atoms with E-state index >= 15 is 0 Å². The van der Waals surface area contributed by atoms with Crippen LogP contribution in [0, 0.1) is 0 Å². The van der Waals surface area contributed by atoms with Crippen molar-refractivity contribution >= 4 is 0 Å². The van der Waals surface area contributed by atoms with E-state index in [9.17, 15) is 0 Å². The highest BCUT2D eigenvalue weighted by atomic mass is 16.5. The molecule has 0 aromatic rings. The lowest BCUT2D eigenvalue weighted by atomic mass is 9.83. The second-order valence-corrected chi connectivity index (χ2v) is 5.59. The second-order valence-electron chi connectivity index (χ2n) is 5.59. The zero-order valence-electron chi connectivity index (χ0n) is 11.7. The largest absolute Gasteiger partial charge is 0.378 e. The highest BCUT2D eigenvalue weighted by molar-refractivity contribution is 4.98. The summed E-state index contributed by atoms with van der Waals surface area (Å²) in [7, 11) is 0. The van der Waals surface area contributed by atoms with Crippen LogP contribution in [0.2, 0.25) is 0 Å². The standard InChI is InChI=1S/C14H28N2O/c1-4-14(5-2)11-16(8-7-15-14)12-9-13(10-12)17-6-3/h12-13,15H,4-11H2,1-3H3. The molecule has 0 amide bonds. The van der Waals surface area contributed by atoms with Crippen molar-refractivity contribution in [1.29, 1.82) is 0 Å². The minimum absolute atomic E-state index is 0.370. The molecule has 1 saturated heterocycles. The molecule has 100 valence electrons. The summed E-state index contributed by atoms with van der Waals surface area (Å²) < 4.78 is 5.66. The lowest BCUT2D eigenvalue weighted by Crippen LogP contribution is -2.64. The first-order valence-corrected chi connectivity index (χ1v) is 7.33. The third-order valence-corrected chi connectivity index (χ3v) is 4.75. The van der Waals surface area contributed by atoms with Gasteiger partial charge in [-0.1, -0.05) is 13.8 Å². The Hall–Kier alpha value is -0.120. The van der Waals surface area contributed by atoms with Crippen LogP contribution < -0.4 is 5.32 Å². The van der Waals surface area contributed by atoms with Crippen molar-refractivity contribution < 1.29 is 4.74 Å². The Morgan fingerprint density at radius 2 is 1.94 bits per heavy atom. The van der Waals surface area contributed by atoms with E-state index in [0.717, 1.165) is 19.2 Å². The SMILES string of the molecule is CCOC1CC(N2CCNC(CC)(CC)C2)C1. The molecule has 0 radical (unpaired) electrons. The number of ether oxygens (including phenoxy) is 1. The van der Waals surface area contributed by atoms with E-state index < -0.39 is 0 Å². The summed E-state index contributed by atoms with van der Waals surface area (Å²) in [5, 5.41) is 3.73. The number of nitrogens with one attached hydrogen (secondary N) is 1. The molecule has 1 saturated carbocycles. The van der Waals surface area contributed by atoms with Gasteiger partial charge in [0, 0.05) is 37.8 Å². The molecule has 0 spiro atoms. The van der Waals surface area contributed by atoms with Crippen LogP contribution in [0.5, 0.6) is 0 Å². The average molecular weight is 240 g/mol. The molecular formula is C14H28N2O. The topological polar surface area (TPSA) is 24.5 Å². The molecule has 1 aliphatic heterocycles. The predicted molar refractivity (Wildman–Crippen MR) is 71.3 cm³/mol. The first-order chi connectivity index (χ1) is 8.23. The lowest BCUT2D eigenvalue weighted by Gasteiger charge is -2.50. The summed E-state index contributed by atoms with van der Waals surface area (Å²) in [4.78, 5) is 2.69. The maximum absolute atomic E-state index is 5.66. The Balaban J connectivity index is 1.82. The fourth-order valence-corrected chi connectivity index (χ4v) is 3.23. The number of nitrogens with zero attached hydrogens (tertiary/aromatic N) is 1. The minimum Gasteiger partial charge on any atom is -0.378 e. The van der Waals surface area contributed by atoms with Crippen molar-refractivity contribution in [3.8, 4) is 0 Å². The molecule has 2 aliphatic rings. The molecule has 2 fully saturated rings. The van der Waals surface area contributed by atoms with E-state index in [0.29, 0.717) is 11.6 Å². The van der Waals surface area contributed by atoms with Gasteiger partial charge in [0.25, 0.3) is 0 Å². The van der Waals surface area contributed by atoms with Crippen LogP contribution in [0.4, 0.5) is 0 Å². The van der Waals surface area contributed by atoms with E-state index in [1.54, 1.807) is 0 Å². The van der Waals surface area contributed by atoms with Gasteiger partial charge in [-0.2, -0.15) is 0 Å². The molecule has 17 heavy (non-hydrogen) atoms. The van der Waals surface area contributed by atoms with Crippen molar-refractivity contribution in [3.05, 3.63) is 0 Å². The molecule has 1 heterocycles. The Labute approximate surface area is 106 Å². The summed E-state index contributed by atoms with van der Waals surface area (Å²) in [6.45, 7) is 11.2. The number of rotatable bonds is 5. The molecule has 0 bridgehead atoms. The summed E-state index contributed by atoms with van der Waals surface area (Å²) >= 11 is 0. The van der Waals surface area contributed by atoms with Crippen molar-refractivity contribution in [3.63, 3.8) is 0 Å². The van der Waals surface area contributed by atoms with Crippen LogP contribution in [0.1, 0.15) is 46.5 Å². The third-order valence-electron chi connectivity index (χ3n) is 4.75. The van der Waals surface area contributed by atoms with E-state index in [2.05, 4.69) is 31.0 Å². The van der Waals surface area contributed by atoms with Gasteiger partial charge in [-0.15, -0.1) is 0 Å². The van der Waals surface area contributed by atoms with Gasteiger partial charge in [-0.3, -0.25) is 4.90 Å². The lowest BCUT2D eigenvalue weighted by molar-refractivity contribution is -0.0597. The monoisotopic (exact) mass is 240 g/mol. The number of piperazine rings is 1. The van der Waals surface area contributed by atoms with Gasteiger partial charge in [0.1, 0.15) is 0 Å². The summed E-state index contributed by atoms with van der Waals surface area (Å²) in [6, 6.07) is 0.783. The van der Waals surface area contributed by atoms with Crippen LogP contribution in [0.25, 0.3) is 0 Å². The summed E-state index contributed by atoms with van der Waals surface area (Å²) in [6.07, 6.45) is 5.51. The van der Waals surface area contributed by atoms with Gasteiger partial charge in [0.05, 0.1) is 6.10 Å². The third kappa shape index (κ3) is 2.83. The van der Waals surface area contributed by atoms with Crippen molar-refractivity contribution in [2.24, 2.45) is 0 Å². The quantitative estimate of drug-likeness (QED) is 0.795. The summed E-state index contributed by atoms with van der Waals surface area (Å²) in [5.74, 6) is 0. The van der Waals surface area contributed by atoms with Crippen LogP contribution in [0.15, 0.2) is 0 Å². The Kier molecular flexibility index (Phi) is 4.45. The molecule has 0 aromatic carbocycles. The molecule has 1 aliphatic carbocycles. The van der Waals surface area contributed by atoms with Crippen LogP contribution >= 0.6 is 0 Å². The van der Waals surface area contributed by atoms with Gasteiger partial charge in [0.2, 0.25) is 0 Å². The molecule has 2 rings (SSSR count). The van der Waals surface area contributed by atoms with Crippen molar-refractivity contribution in [2.75, 3.05) is 26.2 Å². The van der Waals surface area contributed by atoms with Gasteiger partial charge in [0.15, 0.2) is 0 Å². The zero-order valence-corrected chi connectivity index (χ0v) is 11.7. The fourth-order valence-electron chi connectivity index (χ4n) is 3.23. The van der Waals surface area contributed by atoms with Crippen LogP contribution in [-0.2, 0) is 4.74 Å². The zero-order chi connectivity index (χ0) is 12.3. The predicted octanol–water partition coefficient (Wildman–Crippen LogP) is 2.02. The van der Waals surface area contributed by atoms with E-state index in [4.69, 9.17) is 4.74 Å². The van der Waals surface area contributed by atoms with E-state index in [1.165, 1.54) is 38.8 Å². The molecule has 3 nitrogen and oxygen atoms in total. The number of hydrogen-bond donors (Lipinski definition) is 1. The molecular weight excluding hydrogens is 212 g/mol. The Morgan fingerprint density at radius 1 is 1.24 bits per heavy atom. The maximum Gasteiger partial charge on any atom is 0.0604 e. The van der Waals surface area contributed by atoms with E-state index in [-0.39, 0.29) is 0 Å². The Bertz CT molecular complexity index is 234. The van der Waals surface area contributed by atoms with Gasteiger partial charge in [-0.05, 0) is 32.6 Å². The minimum atomic E-state index is 0.370. The van der Waals surface area contributed by atoms with Crippen molar-refractivity contribution in [1.82, 2.24) is 10.2 Å². The second kappa shape index (κ2) is 5.68. The maximum atomic E-state index is 5.66. The van der Waals surface area contributed by atoms with Crippen LogP contribution in [0.3, 0.4) is 0 Å². The first kappa shape index (κ1) is 13.3. The fraction of sp³-hybridized carbons (Fsp3) is 1.00. The molecule has 1 N–H and O–H groups in total. The average Bonchev–Trinajstić information content (AvgIpc) is 2.33.